The molecule has 1 aliphatic rings. The smallest absolute Gasteiger partial charge is 0.129 e. The van der Waals surface area contributed by atoms with Gasteiger partial charge in [-0.05, 0) is 57.6 Å². The molecule has 3 aromatic heterocycles. The molecule has 2 unspecified atom stereocenters. The van der Waals surface area contributed by atoms with Crippen LogP contribution in [0.4, 0.5) is 20.2 Å². The quantitative estimate of drug-likeness (QED) is 0.140. The van der Waals surface area contributed by atoms with Crippen LogP contribution in [0.25, 0.3) is 52.8 Å². The van der Waals surface area contributed by atoms with Crippen molar-refractivity contribution in [3.8, 4) is 41.8 Å². The first-order valence-corrected chi connectivity index (χ1v) is 19.9. The number of rotatable bonds is 10. The van der Waals surface area contributed by atoms with Gasteiger partial charge in [0.2, 0.25) is 0 Å². The fourth-order valence-corrected chi connectivity index (χ4v) is 9.81. The highest BCUT2D eigenvalue weighted by atomic mass is 32.1. The van der Waals surface area contributed by atoms with Crippen LogP contribution in [0.3, 0.4) is 0 Å². The first-order chi connectivity index (χ1) is 25.6. The molecule has 0 fully saturated rings. The number of halogens is 2. The van der Waals surface area contributed by atoms with Crippen LogP contribution in [0.15, 0.2) is 142 Å². The Morgan fingerprint density at radius 1 is 0.462 bits per heavy atom. The molecule has 0 N–H and O–H groups in total. The SMILES string of the molecule is FC(Cc1ccccc1)c1ccc(-c2ccc(-c3c4c(c(-c5ccc(-c6ccc(C(F)Cc7ccccc7)cc6)s5)c5nsnc35)N=S=N4)s2)cc1. The van der Waals surface area contributed by atoms with Crippen molar-refractivity contribution in [3.05, 3.63) is 156 Å². The first-order valence-electron chi connectivity index (χ1n) is 16.8. The number of benzene rings is 5. The van der Waals surface area contributed by atoms with Crippen molar-refractivity contribution < 1.29 is 8.78 Å². The summed E-state index contributed by atoms with van der Waals surface area (Å²) in [4.78, 5) is 4.20. The molecule has 8 aromatic rings. The fraction of sp³-hybridized carbons (Fsp3) is 0.0952. The molecular formula is C42H28F2N4S4. The van der Waals surface area contributed by atoms with Gasteiger partial charge in [-0.25, -0.2) is 8.78 Å². The van der Waals surface area contributed by atoms with Crippen LogP contribution >= 0.6 is 34.4 Å². The molecule has 0 aliphatic carbocycles. The van der Waals surface area contributed by atoms with E-state index in [1.807, 2.05) is 109 Å². The minimum absolute atomic E-state index is 0.352. The van der Waals surface area contributed by atoms with Gasteiger partial charge in [0.05, 0.1) is 23.1 Å². The number of nitrogens with zero attached hydrogens (tertiary/aromatic N) is 4. The maximum atomic E-state index is 15.1. The zero-order valence-electron chi connectivity index (χ0n) is 27.4. The van der Waals surface area contributed by atoms with Crippen molar-refractivity contribution in [2.45, 2.75) is 25.2 Å². The van der Waals surface area contributed by atoms with E-state index in [2.05, 4.69) is 24.3 Å². The second-order valence-corrected chi connectivity index (χ2v) is 15.8. The van der Waals surface area contributed by atoms with Crippen LogP contribution in [0.5, 0.6) is 0 Å². The van der Waals surface area contributed by atoms with Crippen LogP contribution < -0.4 is 0 Å². The predicted octanol–water partition coefficient (Wildman–Crippen LogP) is 13.7. The summed E-state index contributed by atoms with van der Waals surface area (Å²) in [6.07, 6.45) is -1.43. The molecular weight excluding hydrogens is 727 g/mol. The van der Waals surface area contributed by atoms with Crippen LogP contribution in [0, 0.1) is 0 Å². The Hall–Kier alpha value is -5.00. The van der Waals surface area contributed by atoms with Gasteiger partial charge in [0.1, 0.15) is 34.8 Å². The van der Waals surface area contributed by atoms with Crippen molar-refractivity contribution in [2.75, 3.05) is 0 Å². The van der Waals surface area contributed by atoms with Crippen LogP contribution in [-0.2, 0) is 24.2 Å². The summed E-state index contributed by atoms with van der Waals surface area (Å²) in [5, 5.41) is 0. The maximum Gasteiger partial charge on any atom is 0.129 e. The van der Waals surface area contributed by atoms with Gasteiger partial charge in [-0.15, -0.1) is 22.7 Å². The number of aromatic nitrogens is 2. The Labute approximate surface area is 315 Å². The molecule has 0 saturated carbocycles. The minimum atomic E-state index is -1.07. The third kappa shape index (κ3) is 6.36. The number of fused-ring (bicyclic) bond motifs is 2. The number of hydrogen-bond donors (Lipinski definition) is 0. The second kappa shape index (κ2) is 14.2. The monoisotopic (exact) mass is 754 g/mol. The summed E-state index contributed by atoms with van der Waals surface area (Å²) in [6.45, 7) is 0. The number of thiophene rings is 2. The molecule has 4 nitrogen and oxygen atoms in total. The Bertz CT molecular complexity index is 2410. The molecule has 52 heavy (non-hydrogen) atoms. The van der Waals surface area contributed by atoms with E-state index in [1.165, 1.54) is 23.1 Å². The largest absolute Gasteiger partial charge is 0.242 e. The molecule has 0 amide bonds. The van der Waals surface area contributed by atoms with Crippen molar-refractivity contribution in [2.24, 2.45) is 8.73 Å². The highest BCUT2D eigenvalue weighted by Gasteiger charge is 2.28. The lowest BCUT2D eigenvalue weighted by molar-refractivity contribution is 0.342. The normalized spacial score (nSPS) is 13.3. The molecule has 0 bridgehead atoms. The Kier molecular flexibility index (Phi) is 8.98. The lowest BCUT2D eigenvalue weighted by Gasteiger charge is -2.10. The second-order valence-electron chi connectivity index (χ2n) is 12.6. The number of hydrogen-bond acceptors (Lipinski definition) is 7. The van der Waals surface area contributed by atoms with Gasteiger partial charge in [-0.3, -0.25) is 0 Å². The maximum absolute atomic E-state index is 15.1. The van der Waals surface area contributed by atoms with Crippen molar-refractivity contribution in [1.29, 1.82) is 0 Å². The van der Waals surface area contributed by atoms with Gasteiger partial charge >= 0.3 is 0 Å². The van der Waals surface area contributed by atoms with Crippen LogP contribution in [0.2, 0.25) is 0 Å². The van der Waals surface area contributed by atoms with Crippen molar-refractivity contribution >= 4 is 68.2 Å². The van der Waals surface area contributed by atoms with E-state index in [0.29, 0.717) is 24.0 Å². The van der Waals surface area contributed by atoms with Gasteiger partial charge in [0.25, 0.3) is 0 Å². The highest BCUT2D eigenvalue weighted by molar-refractivity contribution is 7.58. The van der Waals surface area contributed by atoms with Gasteiger partial charge < -0.3 is 0 Å². The van der Waals surface area contributed by atoms with Gasteiger partial charge in [0, 0.05) is 43.5 Å². The lowest BCUT2D eigenvalue weighted by Crippen LogP contribution is -1.96. The van der Waals surface area contributed by atoms with Crippen LogP contribution in [-0.4, -0.2) is 8.75 Å². The summed E-state index contributed by atoms with van der Waals surface area (Å²) in [7, 11) is 0. The Balaban J connectivity index is 0.988. The molecule has 254 valence electrons. The molecule has 9 rings (SSSR count). The van der Waals surface area contributed by atoms with E-state index in [0.717, 1.165) is 75.3 Å². The van der Waals surface area contributed by atoms with Crippen LogP contribution in [0.1, 0.15) is 34.6 Å². The summed E-state index contributed by atoms with van der Waals surface area (Å²) < 4.78 is 49.4. The standard InChI is InChI=1S/C42H28F2N4S4/c43-31(23-25-7-3-1-4-8-25)27-11-15-29(16-12-27)33-19-21-35(49-33)37-39-41(47-51-45-39)38(42-40(37)46-52-48-42)36-22-20-34(50-36)30-17-13-28(14-18-30)32(44)24-26-9-5-2-6-10-26/h1-22,31-32H,23-24H2. The van der Waals surface area contributed by atoms with E-state index >= 15 is 8.78 Å². The summed E-state index contributed by atoms with van der Waals surface area (Å²) in [5.74, 6) is 0. The number of alkyl halides is 2. The van der Waals surface area contributed by atoms with E-state index in [-0.39, 0.29) is 0 Å². The zero-order valence-corrected chi connectivity index (χ0v) is 30.7. The molecule has 0 spiro atoms. The molecule has 1 aliphatic heterocycles. The lowest BCUT2D eigenvalue weighted by atomic mass is 10.0. The summed E-state index contributed by atoms with van der Waals surface area (Å²) >= 11 is 5.68. The van der Waals surface area contributed by atoms with Crippen molar-refractivity contribution in [1.82, 2.24) is 8.75 Å². The minimum Gasteiger partial charge on any atom is -0.242 e. The Morgan fingerprint density at radius 3 is 1.29 bits per heavy atom. The van der Waals surface area contributed by atoms with Gasteiger partial charge in [-0.1, -0.05) is 109 Å². The summed E-state index contributed by atoms with van der Waals surface area (Å²) in [5.41, 5.74) is 10.4. The zero-order chi connectivity index (χ0) is 35.0. The average molecular weight is 755 g/mol. The fourth-order valence-electron chi connectivity index (χ4n) is 6.57. The molecule has 0 radical (unpaired) electrons. The van der Waals surface area contributed by atoms with E-state index in [1.54, 1.807) is 22.7 Å². The molecule has 0 saturated heterocycles. The van der Waals surface area contributed by atoms with Crippen molar-refractivity contribution in [3.63, 3.8) is 0 Å². The Morgan fingerprint density at radius 2 is 0.865 bits per heavy atom. The third-order valence-corrected chi connectivity index (χ3v) is 12.6. The van der Waals surface area contributed by atoms with Gasteiger partial charge in [-0.2, -0.15) is 17.5 Å². The van der Waals surface area contributed by atoms with E-state index < -0.39 is 12.3 Å². The van der Waals surface area contributed by atoms with Gasteiger partial charge in [0.15, 0.2) is 0 Å². The third-order valence-electron chi connectivity index (χ3n) is 9.26. The molecule has 2 atom stereocenters. The molecule has 4 heterocycles. The van der Waals surface area contributed by atoms with E-state index in [9.17, 15) is 0 Å². The molecule has 5 aromatic carbocycles. The average Bonchev–Trinajstić information content (AvgIpc) is 4.03. The topological polar surface area (TPSA) is 50.5 Å². The predicted molar refractivity (Wildman–Crippen MR) is 214 cm³/mol. The summed E-state index contributed by atoms with van der Waals surface area (Å²) in [6, 6.07) is 43.4. The van der Waals surface area contributed by atoms with E-state index in [4.69, 9.17) is 17.5 Å². The molecule has 10 heteroatoms. The highest BCUT2D eigenvalue weighted by Crippen LogP contribution is 2.54. The first kappa shape index (κ1) is 32.9.